The molecule has 0 spiro atoms. The normalized spacial score (nSPS) is 11.5. The summed E-state index contributed by atoms with van der Waals surface area (Å²) < 4.78 is 13.1. The largest absolute Gasteiger partial charge is 0.369 e. The Balaban J connectivity index is 3.09. The molecule has 6 heteroatoms. The predicted molar refractivity (Wildman–Crippen MR) is 50.0 cm³/mol. The molecule has 0 fully saturated rings. The van der Waals surface area contributed by atoms with E-state index in [-0.39, 0.29) is 16.7 Å². The summed E-state index contributed by atoms with van der Waals surface area (Å²) in [7, 11) is 0. The van der Waals surface area contributed by atoms with E-state index in [4.69, 9.17) is 23.2 Å². The molecule has 0 aliphatic heterocycles. The summed E-state index contributed by atoms with van der Waals surface area (Å²) in [6.45, 7) is 0. The lowest BCUT2D eigenvalue weighted by Gasteiger charge is -2.00. The molecule has 0 amide bonds. The van der Waals surface area contributed by atoms with Crippen molar-refractivity contribution in [2.45, 2.75) is 0 Å². The number of aliphatic imine (C=N–C) groups is 1. The molecule has 13 heavy (non-hydrogen) atoms. The maximum Gasteiger partial charge on any atom is 0.208 e. The molecule has 0 saturated carbocycles. The van der Waals surface area contributed by atoms with Crippen LogP contribution in [-0.2, 0) is 0 Å². The maximum absolute atomic E-state index is 13.1. The van der Waals surface area contributed by atoms with Crippen LogP contribution in [-0.4, -0.2) is 5.96 Å². The van der Waals surface area contributed by atoms with Crippen LogP contribution in [0.3, 0.4) is 0 Å². The van der Waals surface area contributed by atoms with Crippen molar-refractivity contribution >= 4 is 23.2 Å². The number of rotatable bonds is 1. The first kappa shape index (κ1) is 9.76. The Kier molecular flexibility index (Phi) is 3.05. The topological polar surface area (TPSA) is 76.4 Å². The molecule has 1 aromatic rings. The SMILES string of the molecule is NNC(N)=Nc1cccc(Cl)c1F. The summed E-state index contributed by atoms with van der Waals surface area (Å²) in [5.74, 6) is 4.24. The van der Waals surface area contributed by atoms with Gasteiger partial charge in [-0.05, 0) is 12.1 Å². The van der Waals surface area contributed by atoms with Crippen molar-refractivity contribution in [3.8, 4) is 0 Å². The van der Waals surface area contributed by atoms with E-state index in [1.165, 1.54) is 12.1 Å². The second kappa shape index (κ2) is 4.06. The average molecular weight is 203 g/mol. The minimum Gasteiger partial charge on any atom is -0.369 e. The Morgan fingerprint density at radius 3 is 2.85 bits per heavy atom. The van der Waals surface area contributed by atoms with Crippen LogP contribution in [0, 0.1) is 5.82 Å². The monoisotopic (exact) mass is 202 g/mol. The summed E-state index contributed by atoms with van der Waals surface area (Å²) in [6.07, 6.45) is 0. The smallest absolute Gasteiger partial charge is 0.208 e. The van der Waals surface area contributed by atoms with Crippen molar-refractivity contribution in [3.63, 3.8) is 0 Å². The lowest BCUT2D eigenvalue weighted by Crippen LogP contribution is -2.36. The third-order valence-electron chi connectivity index (χ3n) is 1.32. The zero-order valence-electron chi connectivity index (χ0n) is 6.59. The molecule has 0 aromatic heterocycles. The van der Waals surface area contributed by atoms with Crippen LogP contribution in [0.2, 0.25) is 5.02 Å². The van der Waals surface area contributed by atoms with Crippen LogP contribution in [0.15, 0.2) is 23.2 Å². The van der Waals surface area contributed by atoms with Gasteiger partial charge in [0, 0.05) is 0 Å². The molecule has 0 radical (unpaired) electrons. The molecule has 5 N–H and O–H groups in total. The summed E-state index contributed by atoms with van der Waals surface area (Å²) >= 11 is 5.50. The minimum absolute atomic E-state index is 0.00827. The van der Waals surface area contributed by atoms with Crippen molar-refractivity contribution in [2.75, 3.05) is 0 Å². The molecule has 0 bridgehead atoms. The summed E-state index contributed by atoms with van der Waals surface area (Å²) in [6, 6.07) is 4.42. The molecule has 1 aromatic carbocycles. The van der Waals surface area contributed by atoms with E-state index in [0.717, 1.165) is 0 Å². The Bertz CT molecular complexity index is 339. The highest BCUT2D eigenvalue weighted by Crippen LogP contribution is 2.23. The van der Waals surface area contributed by atoms with Crippen molar-refractivity contribution in [3.05, 3.63) is 29.0 Å². The zero-order valence-corrected chi connectivity index (χ0v) is 7.35. The van der Waals surface area contributed by atoms with Gasteiger partial charge in [0.1, 0.15) is 5.69 Å². The highest BCUT2D eigenvalue weighted by atomic mass is 35.5. The molecule has 1 rings (SSSR count). The Morgan fingerprint density at radius 1 is 1.54 bits per heavy atom. The molecule has 0 heterocycles. The van der Waals surface area contributed by atoms with E-state index >= 15 is 0 Å². The molecule has 0 saturated heterocycles. The van der Waals surface area contributed by atoms with Gasteiger partial charge >= 0.3 is 0 Å². The number of hydrazine groups is 1. The van der Waals surface area contributed by atoms with E-state index in [0.29, 0.717) is 0 Å². The third-order valence-corrected chi connectivity index (χ3v) is 1.61. The van der Waals surface area contributed by atoms with Gasteiger partial charge in [0.2, 0.25) is 5.96 Å². The fourth-order valence-corrected chi connectivity index (χ4v) is 0.910. The Morgan fingerprint density at radius 2 is 2.23 bits per heavy atom. The molecular weight excluding hydrogens is 195 g/mol. The summed E-state index contributed by atoms with van der Waals surface area (Å²) in [5, 5.41) is -0.00827. The molecule has 0 aliphatic rings. The van der Waals surface area contributed by atoms with Gasteiger partial charge in [0.15, 0.2) is 5.82 Å². The van der Waals surface area contributed by atoms with Crippen LogP contribution in [0.4, 0.5) is 10.1 Å². The number of nitrogens with one attached hydrogen (secondary N) is 1. The van der Waals surface area contributed by atoms with Gasteiger partial charge in [0.05, 0.1) is 5.02 Å². The van der Waals surface area contributed by atoms with Crippen molar-refractivity contribution < 1.29 is 4.39 Å². The highest BCUT2D eigenvalue weighted by Gasteiger charge is 2.04. The number of guanidine groups is 1. The molecular formula is C7H8ClFN4. The number of hydrogen-bond donors (Lipinski definition) is 3. The molecule has 0 unspecified atom stereocenters. The van der Waals surface area contributed by atoms with Gasteiger partial charge in [0.25, 0.3) is 0 Å². The second-order valence-electron chi connectivity index (χ2n) is 2.21. The fraction of sp³-hybridized carbons (Fsp3) is 0. The number of hydrogen-bond acceptors (Lipinski definition) is 2. The van der Waals surface area contributed by atoms with E-state index in [2.05, 4.69) is 10.4 Å². The van der Waals surface area contributed by atoms with Crippen molar-refractivity contribution in [1.29, 1.82) is 0 Å². The van der Waals surface area contributed by atoms with Gasteiger partial charge in [-0.25, -0.2) is 15.2 Å². The maximum atomic E-state index is 13.1. The molecule has 0 atom stereocenters. The Labute approximate surface area is 79.4 Å². The van der Waals surface area contributed by atoms with E-state index in [1.807, 2.05) is 0 Å². The van der Waals surface area contributed by atoms with Crippen LogP contribution in [0.25, 0.3) is 0 Å². The van der Waals surface area contributed by atoms with Gasteiger partial charge in [-0.3, -0.25) is 5.43 Å². The minimum atomic E-state index is -0.623. The number of nitrogens with zero attached hydrogens (tertiary/aromatic N) is 1. The van der Waals surface area contributed by atoms with E-state index in [1.54, 1.807) is 6.07 Å². The zero-order chi connectivity index (χ0) is 9.84. The quantitative estimate of drug-likeness (QED) is 0.274. The summed E-state index contributed by atoms with van der Waals surface area (Å²) in [5.41, 5.74) is 7.35. The lowest BCUT2D eigenvalue weighted by molar-refractivity contribution is 0.630. The number of nitrogens with two attached hydrogens (primary N) is 2. The Hall–Kier alpha value is -1.33. The van der Waals surface area contributed by atoms with Crippen LogP contribution < -0.4 is 17.0 Å². The van der Waals surface area contributed by atoms with Crippen LogP contribution in [0.1, 0.15) is 0 Å². The lowest BCUT2D eigenvalue weighted by atomic mass is 10.3. The van der Waals surface area contributed by atoms with Gasteiger partial charge < -0.3 is 5.73 Å². The average Bonchev–Trinajstić information content (AvgIpc) is 2.13. The summed E-state index contributed by atoms with van der Waals surface area (Å²) in [4.78, 5) is 3.64. The fourth-order valence-electron chi connectivity index (χ4n) is 0.741. The van der Waals surface area contributed by atoms with Crippen molar-refractivity contribution in [1.82, 2.24) is 5.43 Å². The first-order chi connectivity index (χ1) is 6.15. The van der Waals surface area contributed by atoms with Gasteiger partial charge in [-0.15, -0.1) is 0 Å². The third kappa shape index (κ3) is 2.30. The number of benzene rings is 1. The van der Waals surface area contributed by atoms with Gasteiger partial charge in [-0.1, -0.05) is 17.7 Å². The highest BCUT2D eigenvalue weighted by molar-refractivity contribution is 6.31. The number of halogens is 2. The molecule has 0 aliphatic carbocycles. The predicted octanol–water partition coefficient (Wildman–Crippen LogP) is 0.889. The second-order valence-corrected chi connectivity index (χ2v) is 2.62. The first-order valence-electron chi connectivity index (χ1n) is 3.40. The van der Waals surface area contributed by atoms with Crippen molar-refractivity contribution in [2.24, 2.45) is 16.6 Å². The molecule has 4 nitrogen and oxygen atoms in total. The van der Waals surface area contributed by atoms with Gasteiger partial charge in [-0.2, -0.15) is 0 Å². The first-order valence-corrected chi connectivity index (χ1v) is 3.77. The molecule has 70 valence electrons. The van der Waals surface area contributed by atoms with E-state index in [9.17, 15) is 4.39 Å². The van der Waals surface area contributed by atoms with E-state index < -0.39 is 5.82 Å². The standard InChI is InChI=1S/C7H8ClFN4/c8-4-2-1-3-5(6(4)9)12-7(10)13-11/h1-3H,11H2,(H3,10,12,13). The van der Waals surface area contributed by atoms with Crippen LogP contribution in [0.5, 0.6) is 0 Å². The van der Waals surface area contributed by atoms with Crippen LogP contribution >= 0.6 is 11.6 Å².